The van der Waals surface area contributed by atoms with Crippen molar-refractivity contribution in [2.45, 2.75) is 64.5 Å². The molecule has 0 spiro atoms. The Hall–Kier alpha value is -0.610. The third-order valence-electron chi connectivity index (χ3n) is 5.02. The van der Waals surface area contributed by atoms with Gasteiger partial charge >= 0.3 is 0 Å². The highest BCUT2D eigenvalue weighted by atomic mass is 16.2. The number of carbonyl (C=O) groups is 1. The van der Waals surface area contributed by atoms with E-state index < -0.39 is 0 Å². The Bertz CT molecular complexity index is 321. The van der Waals surface area contributed by atoms with Crippen molar-refractivity contribution in [2.75, 3.05) is 26.2 Å². The van der Waals surface area contributed by atoms with Gasteiger partial charge < -0.3 is 15.5 Å². The molecule has 0 saturated carbocycles. The highest BCUT2D eigenvalue weighted by Gasteiger charge is 2.29. The minimum atomic E-state index is -0.303. The maximum Gasteiger partial charge on any atom is 0.239 e. The van der Waals surface area contributed by atoms with Crippen LogP contribution in [0.4, 0.5) is 0 Å². The second-order valence-electron chi connectivity index (χ2n) is 6.65. The van der Waals surface area contributed by atoms with Crippen LogP contribution in [-0.4, -0.2) is 54.0 Å². The van der Waals surface area contributed by atoms with Gasteiger partial charge in [-0.25, -0.2) is 0 Å². The van der Waals surface area contributed by atoms with Gasteiger partial charge in [0.25, 0.3) is 0 Å². The fourth-order valence-electron chi connectivity index (χ4n) is 3.58. The van der Waals surface area contributed by atoms with E-state index in [0.29, 0.717) is 12.0 Å². The number of nitrogens with two attached hydrogens (primary N) is 1. The fourth-order valence-corrected chi connectivity index (χ4v) is 3.58. The molecule has 1 amide bonds. The summed E-state index contributed by atoms with van der Waals surface area (Å²) in [4.78, 5) is 16.9. The number of nitrogens with zero attached hydrogens (tertiary/aromatic N) is 2. The van der Waals surface area contributed by atoms with Crippen LogP contribution in [-0.2, 0) is 4.79 Å². The first-order valence-electron chi connectivity index (χ1n) is 8.40. The van der Waals surface area contributed by atoms with E-state index in [4.69, 9.17) is 5.73 Å². The van der Waals surface area contributed by atoms with Crippen molar-refractivity contribution >= 4 is 5.91 Å². The number of amides is 1. The SMILES string of the molecule is CC[C@H](N)C(=O)N1CCC[C@@H](CN2CCCC[C@H]2C)C1. The number of hydrogen-bond donors (Lipinski definition) is 1. The molecule has 20 heavy (non-hydrogen) atoms. The van der Waals surface area contributed by atoms with E-state index in [2.05, 4.69) is 11.8 Å². The molecule has 2 fully saturated rings. The number of hydrogen-bond acceptors (Lipinski definition) is 3. The number of rotatable bonds is 4. The summed E-state index contributed by atoms with van der Waals surface area (Å²) in [6.45, 7) is 8.54. The normalized spacial score (nSPS) is 30.2. The van der Waals surface area contributed by atoms with E-state index in [0.717, 1.165) is 32.5 Å². The van der Waals surface area contributed by atoms with Crippen molar-refractivity contribution in [3.05, 3.63) is 0 Å². The van der Waals surface area contributed by atoms with Crippen molar-refractivity contribution in [2.24, 2.45) is 11.7 Å². The minimum absolute atomic E-state index is 0.156. The van der Waals surface area contributed by atoms with E-state index in [-0.39, 0.29) is 11.9 Å². The molecule has 2 N–H and O–H groups in total. The summed E-state index contributed by atoms with van der Waals surface area (Å²) in [5, 5.41) is 0. The van der Waals surface area contributed by atoms with Crippen LogP contribution in [0.25, 0.3) is 0 Å². The quantitative estimate of drug-likeness (QED) is 0.855. The summed E-state index contributed by atoms with van der Waals surface area (Å²) in [5.74, 6) is 0.793. The molecule has 3 atom stereocenters. The Labute approximate surface area is 123 Å². The first kappa shape index (κ1) is 15.8. The summed E-state index contributed by atoms with van der Waals surface area (Å²) >= 11 is 0. The average Bonchev–Trinajstić information content (AvgIpc) is 2.48. The van der Waals surface area contributed by atoms with E-state index in [1.165, 1.54) is 32.2 Å². The molecule has 0 aliphatic carbocycles. The predicted molar refractivity (Wildman–Crippen MR) is 82.5 cm³/mol. The number of carbonyl (C=O) groups excluding carboxylic acids is 1. The van der Waals surface area contributed by atoms with Gasteiger partial charge in [-0.2, -0.15) is 0 Å². The standard InChI is InChI=1S/C16H31N3O/c1-3-15(17)16(20)19-10-6-8-14(12-19)11-18-9-5-4-7-13(18)2/h13-15H,3-12,17H2,1-2H3/t13-,14+,15+/m1/s1. The lowest BCUT2D eigenvalue weighted by Gasteiger charge is -2.40. The van der Waals surface area contributed by atoms with Crippen molar-refractivity contribution < 1.29 is 4.79 Å². The number of piperidine rings is 2. The molecule has 0 aromatic rings. The van der Waals surface area contributed by atoms with E-state index in [9.17, 15) is 4.79 Å². The molecule has 0 aromatic heterocycles. The van der Waals surface area contributed by atoms with Crippen LogP contribution in [0.5, 0.6) is 0 Å². The van der Waals surface area contributed by atoms with Crippen LogP contribution in [0.15, 0.2) is 0 Å². The molecule has 2 rings (SSSR count). The van der Waals surface area contributed by atoms with E-state index in [1.54, 1.807) is 0 Å². The summed E-state index contributed by atoms with van der Waals surface area (Å²) in [6.07, 6.45) is 7.17. The van der Waals surface area contributed by atoms with E-state index >= 15 is 0 Å². The Morgan fingerprint density at radius 2 is 2.05 bits per heavy atom. The van der Waals surface area contributed by atoms with Crippen LogP contribution < -0.4 is 5.73 Å². The van der Waals surface area contributed by atoms with Crippen molar-refractivity contribution in [1.29, 1.82) is 0 Å². The first-order valence-corrected chi connectivity index (χ1v) is 8.40. The van der Waals surface area contributed by atoms with Crippen LogP contribution >= 0.6 is 0 Å². The van der Waals surface area contributed by atoms with Gasteiger partial charge in [0, 0.05) is 25.7 Å². The third-order valence-corrected chi connectivity index (χ3v) is 5.02. The molecule has 2 aliphatic rings. The smallest absolute Gasteiger partial charge is 0.239 e. The van der Waals surface area contributed by atoms with Gasteiger partial charge in [0.05, 0.1) is 6.04 Å². The second kappa shape index (κ2) is 7.41. The van der Waals surface area contributed by atoms with Crippen molar-refractivity contribution in [3.63, 3.8) is 0 Å². The van der Waals surface area contributed by atoms with Crippen LogP contribution in [0.3, 0.4) is 0 Å². The lowest BCUT2D eigenvalue weighted by atomic mass is 9.94. The molecule has 2 heterocycles. The zero-order chi connectivity index (χ0) is 14.5. The van der Waals surface area contributed by atoms with Crippen molar-refractivity contribution in [3.8, 4) is 0 Å². The Balaban J connectivity index is 1.85. The highest BCUT2D eigenvalue weighted by Crippen LogP contribution is 2.23. The second-order valence-corrected chi connectivity index (χ2v) is 6.65. The molecule has 2 aliphatic heterocycles. The van der Waals surface area contributed by atoms with Crippen LogP contribution in [0, 0.1) is 5.92 Å². The molecule has 0 radical (unpaired) electrons. The van der Waals surface area contributed by atoms with Gasteiger partial charge in [0.15, 0.2) is 0 Å². The highest BCUT2D eigenvalue weighted by molar-refractivity contribution is 5.81. The lowest BCUT2D eigenvalue weighted by Crippen LogP contribution is -2.50. The lowest BCUT2D eigenvalue weighted by molar-refractivity contribution is -0.134. The molecule has 4 heteroatoms. The summed E-state index contributed by atoms with van der Waals surface area (Å²) in [6, 6.07) is 0.412. The third kappa shape index (κ3) is 3.95. The molecule has 0 bridgehead atoms. The maximum atomic E-state index is 12.2. The van der Waals surface area contributed by atoms with Gasteiger partial charge in [0.2, 0.25) is 5.91 Å². The Morgan fingerprint density at radius 3 is 2.75 bits per heavy atom. The minimum Gasteiger partial charge on any atom is -0.341 e. The number of likely N-dealkylation sites (tertiary alicyclic amines) is 2. The fraction of sp³-hybridized carbons (Fsp3) is 0.938. The van der Waals surface area contributed by atoms with Gasteiger partial charge in [0.1, 0.15) is 0 Å². The van der Waals surface area contributed by atoms with Crippen LogP contribution in [0.2, 0.25) is 0 Å². The summed E-state index contributed by atoms with van der Waals surface area (Å²) in [5.41, 5.74) is 5.90. The molecule has 0 unspecified atom stereocenters. The molecular weight excluding hydrogens is 250 g/mol. The predicted octanol–water partition coefficient (Wildman–Crippen LogP) is 1.84. The van der Waals surface area contributed by atoms with Crippen LogP contribution in [0.1, 0.15) is 52.4 Å². The zero-order valence-electron chi connectivity index (χ0n) is 13.2. The molecular formula is C16H31N3O. The largest absolute Gasteiger partial charge is 0.341 e. The molecule has 116 valence electrons. The summed E-state index contributed by atoms with van der Waals surface area (Å²) < 4.78 is 0. The average molecular weight is 281 g/mol. The van der Waals surface area contributed by atoms with Gasteiger partial charge in [-0.3, -0.25) is 4.79 Å². The van der Waals surface area contributed by atoms with Gasteiger partial charge in [-0.15, -0.1) is 0 Å². The monoisotopic (exact) mass is 281 g/mol. The topological polar surface area (TPSA) is 49.6 Å². The van der Waals surface area contributed by atoms with Gasteiger partial charge in [-0.1, -0.05) is 13.3 Å². The zero-order valence-corrected chi connectivity index (χ0v) is 13.2. The van der Waals surface area contributed by atoms with E-state index in [1.807, 2.05) is 11.8 Å². The Morgan fingerprint density at radius 1 is 1.25 bits per heavy atom. The molecule has 2 saturated heterocycles. The maximum absolute atomic E-state index is 12.2. The van der Waals surface area contributed by atoms with Gasteiger partial charge in [-0.05, 0) is 51.5 Å². The van der Waals surface area contributed by atoms with Crippen molar-refractivity contribution in [1.82, 2.24) is 9.80 Å². The molecule has 4 nitrogen and oxygen atoms in total. The first-order chi connectivity index (χ1) is 9.61. The molecule has 0 aromatic carbocycles. The Kier molecular flexibility index (Phi) is 5.85. The summed E-state index contributed by atoms with van der Waals surface area (Å²) in [7, 11) is 0.